The first kappa shape index (κ1) is 17.0. The van der Waals surface area contributed by atoms with Crippen molar-refractivity contribution in [2.75, 3.05) is 26.4 Å². The Morgan fingerprint density at radius 2 is 2.35 bits per heavy atom. The van der Waals surface area contributed by atoms with Gasteiger partial charge >= 0.3 is 6.09 Å². The van der Waals surface area contributed by atoms with Crippen molar-refractivity contribution >= 4 is 6.09 Å². The second-order valence-electron chi connectivity index (χ2n) is 6.20. The molecule has 0 unspecified atom stereocenters. The van der Waals surface area contributed by atoms with Gasteiger partial charge in [-0.15, -0.1) is 0 Å². The topological polar surface area (TPSA) is 84.7 Å². The Bertz CT molecular complexity index is 592. The molecule has 0 spiro atoms. The summed E-state index contributed by atoms with van der Waals surface area (Å²) in [5.74, 6) is 0.393. The summed E-state index contributed by atoms with van der Waals surface area (Å²) in [4.78, 5) is 17.8. The van der Waals surface area contributed by atoms with E-state index in [4.69, 9.17) is 19.5 Å². The zero-order chi connectivity index (χ0) is 16.9. The highest BCUT2D eigenvalue weighted by Gasteiger charge is 2.31. The van der Waals surface area contributed by atoms with Crippen LogP contribution in [-0.2, 0) is 9.47 Å². The molecule has 124 valence electrons. The Balaban J connectivity index is 2.01. The SMILES string of the molecule is CC(C)(C)OC(=O)N1CCOC[C@@H]1COc1cnccc1C#N. The normalized spacial score (nSPS) is 18.2. The van der Waals surface area contributed by atoms with Gasteiger partial charge in [-0.05, 0) is 26.8 Å². The van der Waals surface area contributed by atoms with Gasteiger partial charge in [0.25, 0.3) is 0 Å². The van der Waals surface area contributed by atoms with Crippen LogP contribution in [0.2, 0.25) is 0 Å². The zero-order valence-corrected chi connectivity index (χ0v) is 13.6. The average molecular weight is 319 g/mol. The maximum absolute atomic E-state index is 12.3. The van der Waals surface area contributed by atoms with E-state index in [1.807, 2.05) is 26.8 Å². The molecular formula is C16H21N3O4. The van der Waals surface area contributed by atoms with E-state index in [1.165, 1.54) is 12.4 Å². The van der Waals surface area contributed by atoms with Crippen molar-refractivity contribution in [1.82, 2.24) is 9.88 Å². The van der Waals surface area contributed by atoms with Gasteiger partial charge < -0.3 is 14.2 Å². The largest absolute Gasteiger partial charge is 0.488 e. The van der Waals surface area contributed by atoms with Crippen molar-refractivity contribution in [2.45, 2.75) is 32.4 Å². The van der Waals surface area contributed by atoms with Gasteiger partial charge in [-0.1, -0.05) is 0 Å². The number of aromatic nitrogens is 1. The summed E-state index contributed by atoms with van der Waals surface area (Å²) in [6.45, 7) is 6.96. The van der Waals surface area contributed by atoms with Gasteiger partial charge in [-0.2, -0.15) is 5.26 Å². The van der Waals surface area contributed by atoms with Gasteiger partial charge in [-0.3, -0.25) is 9.88 Å². The maximum Gasteiger partial charge on any atom is 0.410 e. The second kappa shape index (κ2) is 7.29. The van der Waals surface area contributed by atoms with Crippen molar-refractivity contribution in [1.29, 1.82) is 5.26 Å². The van der Waals surface area contributed by atoms with Crippen molar-refractivity contribution in [2.24, 2.45) is 0 Å². The Labute approximate surface area is 135 Å². The lowest BCUT2D eigenvalue weighted by Crippen LogP contribution is -2.52. The molecule has 1 aromatic rings. The molecule has 1 saturated heterocycles. The maximum atomic E-state index is 12.3. The standard InChI is InChI=1S/C16H21N3O4/c1-16(2,3)23-15(20)19-6-7-21-10-13(19)11-22-14-9-18-5-4-12(14)8-17/h4-5,9,13H,6-7,10-11H2,1-3H3/t13-/m1/s1. The van der Waals surface area contributed by atoms with E-state index in [0.29, 0.717) is 31.1 Å². The predicted molar refractivity (Wildman–Crippen MR) is 82.0 cm³/mol. The highest BCUT2D eigenvalue weighted by atomic mass is 16.6. The van der Waals surface area contributed by atoms with Crippen LogP contribution in [0.4, 0.5) is 4.79 Å². The Kier molecular flexibility index (Phi) is 5.40. The van der Waals surface area contributed by atoms with Crippen LogP contribution in [0.5, 0.6) is 5.75 Å². The number of pyridine rings is 1. The van der Waals surface area contributed by atoms with Crippen molar-refractivity contribution in [3.05, 3.63) is 24.0 Å². The van der Waals surface area contributed by atoms with Crippen LogP contribution in [-0.4, -0.2) is 54.0 Å². The summed E-state index contributed by atoms with van der Waals surface area (Å²) in [7, 11) is 0. The van der Waals surface area contributed by atoms with E-state index in [0.717, 1.165) is 0 Å². The molecule has 2 rings (SSSR count). The third kappa shape index (κ3) is 4.83. The number of hydrogen-bond donors (Lipinski definition) is 0. The molecule has 0 bridgehead atoms. The van der Waals surface area contributed by atoms with Crippen LogP contribution in [0.15, 0.2) is 18.5 Å². The summed E-state index contributed by atoms with van der Waals surface area (Å²) < 4.78 is 16.5. The fraction of sp³-hybridized carbons (Fsp3) is 0.562. The molecule has 1 aliphatic rings. The third-order valence-electron chi connectivity index (χ3n) is 3.19. The monoisotopic (exact) mass is 319 g/mol. The fourth-order valence-electron chi connectivity index (χ4n) is 2.13. The summed E-state index contributed by atoms with van der Waals surface area (Å²) in [5, 5.41) is 9.06. The molecule has 1 aromatic heterocycles. The van der Waals surface area contributed by atoms with E-state index in [2.05, 4.69) is 4.98 Å². The molecule has 1 aliphatic heterocycles. The lowest BCUT2D eigenvalue weighted by Gasteiger charge is -2.36. The number of hydrogen-bond acceptors (Lipinski definition) is 6. The number of carbonyl (C=O) groups excluding carboxylic acids is 1. The number of rotatable bonds is 3. The number of morpholine rings is 1. The highest BCUT2D eigenvalue weighted by molar-refractivity contribution is 5.68. The summed E-state index contributed by atoms with van der Waals surface area (Å²) in [6, 6.07) is 3.36. The van der Waals surface area contributed by atoms with Gasteiger partial charge in [0.15, 0.2) is 5.75 Å². The molecule has 0 aromatic carbocycles. The van der Waals surface area contributed by atoms with E-state index in [1.54, 1.807) is 11.0 Å². The van der Waals surface area contributed by atoms with Crippen molar-refractivity contribution in [3.8, 4) is 11.8 Å². The van der Waals surface area contributed by atoms with E-state index in [-0.39, 0.29) is 18.7 Å². The van der Waals surface area contributed by atoms with Crippen LogP contribution >= 0.6 is 0 Å². The van der Waals surface area contributed by atoms with Crippen LogP contribution in [0.25, 0.3) is 0 Å². The second-order valence-corrected chi connectivity index (χ2v) is 6.20. The molecule has 1 amide bonds. The molecule has 0 N–H and O–H groups in total. The smallest absolute Gasteiger partial charge is 0.410 e. The summed E-state index contributed by atoms with van der Waals surface area (Å²) in [5.41, 5.74) is -0.154. The fourth-order valence-corrected chi connectivity index (χ4v) is 2.13. The first-order valence-corrected chi connectivity index (χ1v) is 7.45. The van der Waals surface area contributed by atoms with Crippen LogP contribution < -0.4 is 4.74 Å². The molecule has 0 radical (unpaired) electrons. The van der Waals surface area contributed by atoms with Gasteiger partial charge in [-0.25, -0.2) is 4.79 Å². The van der Waals surface area contributed by atoms with Gasteiger partial charge in [0.05, 0.1) is 31.0 Å². The Morgan fingerprint density at radius 1 is 1.57 bits per heavy atom. The molecule has 1 fully saturated rings. The van der Waals surface area contributed by atoms with Crippen molar-refractivity contribution < 1.29 is 19.0 Å². The minimum atomic E-state index is -0.557. The minimum Gasteiger partial charge on any atom is -0.488 e. The average Bonchev–Trinajstić information content (AvgIpc) is 2.51. The van der Waals surface area contributed by atoms with Crippen LogP contribution in [0.1, 0.15) is 26.3 Å². The van der Waals surface area contributed by atoms with E-state index in [9.17, 15) is 4.79 Å². The first-order chi connectivity index (χ1) is 10.9. The molecule has 23 heavy (non-hydrogen) atoms. The zero-order valence-electron chi connectivity index (χ0n) is 13.6. The summed E-state index contributed by atoms with van der Waals surface area (Å²) in [6.07, 6.45) is 2.63. The number of carbonyl (C=O) groups is 1. The molecule has 7 heteroatoms. The Morgan fingerprint density at radius 3 is 3.04 bits per heavy atom. The molecule has 2 heterocycles. The number of amides is 1. The number of ether oxygens (including phenoxy) is 3. The van der Waals surface area contributed by atoms with Crippen molar-refractivity contribution in [3.63, 3.8) is 0 Å². The molecule has 0 aliphatic carbocycles. The van der Waals surface area contributed by atoms with E-state index >= 15 is 0 Å². The number of nitrogens with zero attached hydrogens (tertiary/aromatic N) is 3. The Hall–Kier alpha value is -2.33. The lowest BCUT2D eigenvalue weighted by molar-refractivity contribution is -0.0418. The quantitative estimate of drug-likeness (QED) is 0.847. The first-order valence-electron chi connectivity index (χ1n) is 7.45. The molecule has 0 saturated carbocycles. The molecule has 1 atom stereocenters. The van der Waals surface area contributed by atoms with Gasteiger partial charge in [0.1, 0.15) is 18.3 Å². The summed E-state index contributed by atoms with van der Waals surface area (Å²) >= 11 is 0. The number of nitriles is 1. The van der Waals surface area contributed by atoms with Crippen LogP contribution in [0, 0.1) is 11.3 Å². The predicted octanol–water partition coefficient (Wildman–Crippen LogP) is 1.97. The molecular weight excluding hydrogens is 298 g/mol. The van der Waals surface area contributed by atoms with Gasteiger partial charge in [0, 0.05) is 12.7 Å². The van der Waals surface area contributed by atoms with Crippen LogP contribution in [0.3, 0.4) is 0 Å². The lowest BCUT2D eigenvalue weighted by atomic mass is 10.2. The molecule has 7 nitrogen and oxygen atoms in total. The minimum absolute atomic E-state index is 0.208. The highest BCUT2D eigenvalue weighted by Crippen LogP contribution is 2.18. The van der Waals surface area contributed by atoms with Gasteiger partial charge in [0.2, 0.25) is 0 Å². The van der Waals surface area contributed by atoms with E-state index < -0.39 is 5.60 Å². The third-order valence-corrected chi connectivity index (χ3v) is 3.19.